The van der Waals surface area contributed by atoms with Gasteiger partial charge in [0, 0.05) is 4.47 Å². The Bertz CT molecular complexity index is 675. The molecule has 0 aliphatic carbocycles. The van der Waals surface area contributed by atoms with Gasteiger partial charge in [0.1, 0.15) is 5.82 Å². The minimum Gasteiger partial charge on any atom is -0.356 e. The summed E-state index contributed by atoms with van der Waals surface area (Å²) in [5, 5.41) is 6.59. The first-order valence-corrected chi connectivity index (χ1v) is 8.29. The number of anilines is 1. The Morgan fingerprint density at radius 3 is 2.64 bits per heavy atom. The molecule has 22 heavy (non-hydrogen) atoms. The molecule has 2 aromatic carbocycles. The Kier molecular flexibility index (Phi) is 5.91. The van der Waals surface area contributed by atoms with Crippen LogP contribution < -0.4 is 10.6 Å². The molecule has 2 aromatic rings. The Morgan fingerprint density at radius 1 is 1.27 bits per heavy atom. The third-order valence-corrected chi connectivity index (χ3v) is 4.17. The molecule has 0 saturated heterocycles. The van der Waals surface area contributed by atoms with E-state index in [1.54, 1.807) is 12.1 Å². The molecule has 0 bridgehead atoms. The van der Waals surface area contributed by atoms with Crippen molar-refractivity contribution in [1.82, 2.24) is 5.32 Å². The summed E-state index contributed by atoms with van der Waals surface area (Å²) in [6.45, 7) is 4.16. The second kappa shape index (κ2) is 7.70. The van der Waals surface area contributed by atoms with Gasteiger partial charge in [-0.05, 0) is 54.9 Å². The normalized spacial score (nSPS) is 11.8. The lowest BCUT2D eigenvalue weighted by atomic mass is 10.00. The van der Waals surface area contributed by atoms with Gasteiger partial charge in [0.15, 0.2) is 5.11 Å². The largest absolute Gasteiger partial charge is 0.356 e. The molecule has 0 aliphatic heterocycles. The summed E-state index contributed by atoms with van der Waals surface area (Å²) in [5.74, 6) is -0.345. The van der Waals surface area contributed by atoms with Crippen LogP contribution in [0.15, 0.2) is 46.9 Å². The van der Waals surface area contributed by atoms with Crippen LogP contribution in [0.2, 0.25) is 0 Å². The Balaban J connectivity index is 2.08. The number of thiocarbonyl (C=S) groups is 1. The molecule has 2 N–H and O–H groups in total. The number of benzene rings is 2. The number of hydrogen-bond donors (Lipinski definition) is 2. The lowest BCUT2D eigenvalue weighted by Gasteiger charge is -2.21. The number of aryl methyl sites for hydroxylation is 1. The number of halogens is 2. The van der Waals surface area contributed by atoms with Gasteiger partial charge in [-0.25, -0.2) is 4.39 Å². The number of rotatable bonds is 4. The zero-order valence-corrected chi connectivity index (χ0v) is 14.9. The fourth-order valence-corrected chi connectivity index (χ4v) is 2.87. The molecule has 116 valence electrons. The smallest absolute Gasteiger partial charge is 0.171 e. The average Bonchev–Trinajstić information content (AvgIpc) is 2.48. The molecule has 2 rings (SSSR count). The Hall–Kier alpha value is -1.46. The molecule has 5 heteroatoms. The summed E-state index contributed by atoms with van der Waals surface area (Å²) in [6, 6.07) is 13.1. The van der Waals surface area contributed by atoms with Crippen molar-refractivity contribution in [2.45, 2.75) is 26.3 Å². The lowest BCUT2D eigenvalue weighted by molar-refractivity contribution is 0.621. The van der Waals surface area contributed by atoms with Gasteiger partial charge in [0.25, 0.3) is 0 Å². The molecule has 0 unspecified atom stereocenters. The summed E-state index contributed by atoms with van der Waals surface area (Å²) in [7, 11) is 0. The topological polar surface area (TPSA) is 24.1 Å². The van der Waals surface area contributed by atoms with E-state index in [4.69, 9.17) is 12.2 Å². The molecule has 0 amide bonds. The van der Waals surface area contributed by atoms with E-state index < -0.39 is 0 Å². The van der Waals surface area contributed by atoms with Crippen LogP contribution in [0.1, 0.15) is 30.5 Å². The summed E-state index contributed by atoms with van der Waals surface area (Å²) in [5.41, 5.74) is 2.77. The Labute approximate surface area is 144 Å². The standard InChI is InChI=1S/C17H18BrFN2S/c1-3-15(13-7-5-4-6-11(13)2)20-17(22)21-16-9-8-12(18)10-14(16)19/h4-10,15H,3H2,1-2H3,(H2,20,21,22)/t15-/m0/s1. The first-order valence-electron chi connectivity index (χ1n) is 7.09. The maximum atomic E-state index is 13.8. The first-order chi connectivity index (χ1) is 10.5. The van der Waals surface area contributed by atoms with Crippen LogP contribution in [0.25, 0.3) is 0 Å². The molecular formula is C17H18BrFN2S. The minimum atomic E-state index is -0.345. The Morgan fingerprint density at radius 2 is 2.00 bits per heavy atom. The van der Waals surface area contributed by atoms with Crippen molar-refractivity contribution in [2.24, 2.45) is 0 Å². The van der Waals surface area contributed by atoms with E-state index in [1.165, 1.54) is 17.2 Å². The van der Waals surface area contributed by atoms with Gasteiger partial charge in [-0.3, -0.25) is 0 Å². The molecule has 0 spiro atoms. The highest BCUT2D eigenvalue weighted by molar-refractivity contribution is 9.10. The van der Waals surface area contributed by atoms with Gasteiger partial charge in [-0.2, -0.15) is 0 Å². The van der Waals surface area contributed by atoms with E-state index in [1.807, 2.05) is 12.1 Å². The highest BCUT2D eigenvalue weighted by Crippen LogP contribution is 2.22. The van der Waals surface area contributed by atoms with Crippen molar-refractivity contribution in [1.29, 1.82) is 0 Å². The molecule has 0 heterocycles. The fraction of sp³-hybridized carbons (Fsp3) is 0.235. The summed E-state index contributed by atoms with van der Waals surface area (Å²) in [4.78, 5) is 0. The first kappa shape index (κ1) is 16.9. The van der Waals surface area contributed by atoms with Gasteiger partial charge in [0.05, 0.1) is 11.7 Å². The van der Waals surface area contributed by atoms with Crippen LogP contribution in [0.5, 0.6) is 0 Å². The van der Waals surface area contributed by atoms with Crippen LogP contribution in [-0.4, -0.2) is 5.11 Å². The van der Waals surface area contributed by atoms with E-state index in [9.17, 15) is 4.39 Å². The van der Waals surface area contributed by atoms with Crippen molar-refractivity contribution in [3.8, 4) is 0 Å². The zero-order chi connectivity index (χ0) is 16.1. The van der Waals surface area contributed by atoms with E-state index in [-0.39, 0.29) is 11.9 Å². The monoisotopic (exact) mass is 380 g/mol. The van der Waals surface area contributed by atoms with Crippen molar-refractivity contribution in [2.75, 3.05) is 5.32 Å². The number of hydrogen-bond acceptors (Lipinski definition) is 1. The summed E-state index contributed by atoms with van der Waals surface area (Å²) in [6.07, 6.45) is 0.884. The van der Waals surface area contributed by atoms with Crippen LogP contribution in [0.3, 0.4) is 0 Å². The highest BCUT2D eigenvalue weighted by Gasteiger charge is 2.13. The van der Waals surface area contributed by atoms with Crippen LogP contribution in [0, 0.1) is 12.7 Å². The van der Waals surface area contributed by atoms with Crippen molar-refractivity contribution in [3.05, 3.63) is 63.9 Å². The van der Waals surface area contributed by atoms with Gasteiger partial charge in [-0.1, -0.05) is 47.1 Å². The quantitative estimate of drug-likeness (QED) is 0.700. The minimum absolute atomic E-state index is 0.0970. The molecular weight excluding hydrogens is 363 g/mol. The van der Waals surface area contributed by atoms with Crippen molar-refractivity contribution < 1.29 is 4.39 Å². The van der Waals surface area contributed by atoms with Crippen LogP contribution in [-0.2, 0) is 0 Å². The van der Waals surface area contributed by atoms with Crippen molar-refractivity contribution >= 4 is 38.9 Å². The molecule has 1 atom stereocenters. The molecule has 0 saturated carbocycles. The second-order valence-electron chi connectivity index (χ2n) is 5.04. The van der Waals surface area contributed by atoms with Crippen LogP contribution in [0.4, 0.5) is 10.1 Å². The molecule has 0 fully saturated rings. The molecule has 0 radical (unpaired) electrons. The van der Waals surface area contributed by atoms with E-state index in [2.05, 4.69) is 52.5 Å². The van der Waals surface area contributed by atoms with Crippen LogP contribution >= 0.6 is 28.1 Å². The van der Waals surface area contributed by atoms with E-state index in [0.717, 1.165) is 6.42 Å². The summed E-state index contributed by atoms with van der Waals surface area (Å²) >= 11 is 8.55. The summed E-state index contributed by atoms with van der Waals surface area (Å²) < 4.78 is 14.5. The molecule has 2 nitrogen and oxygen atoms in total. The highest BCUT2D eigenvalue weighted by atomic mass is 79.9. The SMILES string of the molecule is CC[C@H](NC(=S)Nc1ccc(Br)cc1F)c1ccccc1C. The van der Waals surface area contributed by atoms with E-state index >= 15 is 0 Å². The maximum absolute atomic E-state index is 13.8. The fourth-order valence-electron chi connectivity index (χ4n) is 2.28. The van der Waals surface area contributed by atoms with Gasteiger partial charge in [-0.15, -0.1) is 0 Å². The predicted octanol–water partition coefficient (Wildman–Crippen LogP) is 5.33. The lowest BCUT2D eigenvalue weighted by Crippen LogP contribution is -2.32. The predicted molar refractivity (Wildman–Crippen MR) is 97.7 cm³/mol. The van der Waals surface area contributed by atoms with Gasteiger partial charge >= 0.3 is 0 Å². The third-order valence-electron chi connectivity index (χ3n) is 3.46. The average molecular weight is 381 g/mol. The van der Waals surface area contributed by atoms with Gasteiger partial charge < -0.3 is 10.6 Å². The third kappa shape index (κ3) is 4.27. The van der Waals surface area contributed by atoms with Gasteiger partial charge in [0.2, 0.25) is 0 Å². The molecule has 0 aliphatic rings. The van der Waals surface area contributed by atoms with E-state index in [0.29, 0.717) is 15.3 Å². The second-order valence-corrected chi connectivity index (χ2v) is 6.36. The molecule has 0 aromatic heterocycles. The zero-order valence-electron chi connectivity index (χ0n) is 12.5. The van der Waals surface area contributed by atoms with Crippen molar-refractivity contribution in [3.63, 3.8) is 0 Å². The maximum Gasteiger partial charge on any atom is 0.171 e. The number of nitrogens with one attached hydrogen (secondary N) is 2.